The Bertz CT molecular complexity index is 726. The van der Waals surface area contributed by atoms with Gasteiger partial charge in [-0.3, -0.25) is 13.6 Å². The summed E-state index contributed by atoms with van der Waals surface area (Å²) in [6, 6.07) is 18.5. The van der Waals surface area contributed by atoms with Crippen LogP contribution in [0, 0.1) is 0 Å². The smallest absolute Gasteiger partial charge is 0.467 e. The van der Waals surface area contributed by atoms with Gasteiger partial charge in [0.05, 0.1) is 20.3 Å². The van der Waals surface area contributed by atoms with Gasteiger partial charge in [-0.15, -0.1) is 0 Å². The van der Waals surface area contributed by atoms with Crippen LogP contribution in [0.1, 0.15) is 24.0 Å². The van der Waals surface area contributed by atoms with Crippen LogP contribution in [0.15, 0.2) is 60.7 Å². The van der Waals surface area contributed by atoms with E-state index < -0.39 is 19.4 Å². The van der Waals surface area contributed by atoms with Gasteiger partial charge < -0.3 is 4.74 Å². The molecule has 3 rings (SSSR count). The standard InChI is InChI=1S/C19H21O6P/c1-22-18(20)19(12-13-19)25-26(21,23-14-16-8-4-2-5-9-16)24-15-17-10-6-3-7-11-17/h2-11H,12-15H2,1H3. The zero-order chi connectivity index (χ0) is 18.5. The van der Waals surface area contributed by atoms with Crippen molar-refractivity contribution in [3.8, 4) is 0 Å². The second kappa shape index (κ2) is 8.14. The van der Waals surface area contributed by atoms with Gasteiger partial charge in [-0.05, 0) is 24.0 Å². The molecule has 0 bridgehead atoms. The fourth-order valence-electron chi connectivity index (χ4n) is 2.39. The normalized spacial score (nSPS) is 15.4. The summed E-state index contributed by atoms with van der Waals surface area (Å²) in [5, 5.41) is 0. The molecule has 0 aromatic heterocycles. The van der Waals surface area contributed by atoms with Crippen molar-refractivity contribution in [3.05, 3.63) is 71.8 Å². The molecule has 7 heteroatoms. The molecule has 0 heterocycles. The van der Waals surface area contributed by atoms with Crippen molar-refractivity contribution in [3.63, 3.8) is 0 Å². The Morgan fingerprint density at radius 2 is 1.38 bits per heavy atom. The molecule has 2 aromatic rings. The van der Waals surface area contributed by atoms with E-state index in [0.717, 1.165) is 11.1 Å². The van der Waals surface area contributed by atoms with E-state index in [1.165, 1.54) is 7.11 Å². The molecule has 0 aliphatic heterocycles. The maximum absolute atomic E-state index is 13.2. The largest absolute Gasteiger partial charge is 0.476 e. The number of hydrogen-bond acceptors (Lipinski definition) is 6. The predicted molar refractivity (Wildman–Crippen MR) is 95.1 cm³/mol. The van der Waals surface area contributed by atoms with E-state index in [1.807, 2.05) is 60.7 Å². The number of methoxy groups -OCH3 is 1. The van der Waals surface area contributed by atoms with Gasteiger partial charge in [0.15, 0.2) is 5.60 Å². The summed E-state index contributed by atoms with van der Waals surface area (Å²) in [7, 11) is -2.71. The predicted octanol–water partition coefficient (Wildman–Crippen LogP) is 4.25. The fourth-order valence-corrected chi connectivity index (χ4v) is 3.87. The van der Waals surface area contributed by atoms with Crippen molar-refractivity contribution in [2.75, 3.05) is 7.11 Å². The summed E-state index contributed by atoms with van der Waals surface area (Å²) in [6.45, 7) is 0.0916. The molecule has 138 valence electrons. The van der Waals surface area contributed by atoms with Crippen molar-refractivity contribution in [2.24, 2.45) is 0 Å². The van der Waals surface area contributed by atoms with Gasteiger partial charge in [0.1, 0.15) is 0 Å². The fraction of sp³-hybridized carbons (Fsp3) is 0.316. The lowest BCUT2D eigenvalue weighted by atomic mass is 10.2. The second-order valence-electron chi connectivity index (χ2n) is 6.04. The number of phosphoric acid groups is 1. The molecule has 0 amide bonds. The van der Waals surface area contributed by atoms with Crippen molar-refractivity contribution in [1.29, 1.82) is 0 Å². The number of rotatable bonds is 9. The van der Waals surface area contributed by atoms with E-state index in [-0.39, 0.29) is 13.2 Å². The summed E-state index contributed by atoms with van der Waals surface area (Å²) < 4.78 is 34.5. The van der Waals surface area contributed by atoms with Gasteiger partial charge in [-0.25, -0.2) is 9.36 Å². The van der Waals surface area contributed by atoms with E-state index in [1.54, 1.807) is 0 Å². The van der Waals surface area contributed by atoms with Crippen molar-refractivity contribution < 1.29 is 27.7 Å². The summed E-state index contributed by atoms with van der Waals surface area (Å²) >= 11 is 0. The molecule has 1 aliphatic rings. The summed E-state index contributed by atoms with van der Waals surface area (Å²) in [5.41, 5.74) is 0.405. The monoisotopic (exact) mass is 376 g/mol. The van der Waals surface area contributed by atoms with Gasteiger partial charge in [-0.2, -0.15) is 0 Å². The van der Waals surface area contributed by atoms with Gasteiger partial charge >= 0.3 is 13.8 Å². The van der Waals surface area contributed by atoms with E-state index in [2.05, 4.69) is 0 Å². The Balaban J connectivity index is 1.71. The third-order valence-electron chi connectivity index (χ3n) is 4.01. The summed E-state index contributed by atoms with van der Waals surface area (Å²) in [4.78, 5) is 11.9. The van der Waals surface area contributed by atoms with Crippen LogP contribution >= 0.6 is 7.82 Å². The van der Waals surface area contributed by atoms with E-state index >= 15 is 0 Å². The summed E-state index contributed by atoms with van der Waals surface area (Å²) in [5.74, 6) is -0.565. The average Bonchev–Trinajstić information content (AvgIpc) is 3.46. The van der Waals surface area contributed by atoms with Gasteiger partial charge in [0, 0.05) is 0 Å². The van der Waals surface area contributed by atoms with Crippen LogP contribution in [-0.4, -0.2) is 18.7 Å². The first-order chi connectivity index (χ1) is 12.6. The highest BCUT2D eigenvalue weighted by atomic mass is 31.2. The number of benzene rings is 2. The minimum Gasteiger partial charge on any atom is -0.467 e. The highest BCUT2D eigenvalue weighted by molar-refractivity contribution is 7.48. The lowest BCUT2D eigenvalue weighted by molar-refractivity contribution is -0.152. The molecule has 26 heavy (non-hydrogen) atoms. The Hall–Kier alpha value is -1.98. The molecular weight excluding hydrogens is 355 g/mol. The topological polar surface area (TPSA) is 71.1 Å². The SMILES string of the molecule is COC(=O)C1(OP(=O)(OCc2ccccc2)OCc2ccccc2)CC1. The molecule has 0 saturated heterocycles. The van der Waals surface area contributed by atoms with Crippen LogP contribution < -0.4 is 0 Å². The van der Waals surface area contributed by atoms with Crippen LogP contribution in [-0.2, 0) is 40.9 Å². The highest BCUT2D eigenvalue weighted by Crippen LogP contribution is 2.59. The second-order valence-corrected chi connectivity index (χ2v) is 7.64. The van der Waals surface area contributed by atoms with E-state index in [9.17, 15) is 9.36 Å². The molecular formula is C19H21O6P. The molecule has 0 spiro atoms. The molecule has 1 saturated carbocycles. The zero-order valence-corrected chi connectivity index (χ0v) is 15.4. The van der Waals surface area contributed by atoms with Crippen molar-refractivity contribution in [1.82, 2.24) is 0 Å². The maximum atomic E-state index is 13.2. The van der Waals surface area contributed by atoms with Crippen molar-refractivity contribution >= 4 is 13.8 Å². The van der Waals surface area contributed by atoms with Crippen LogP contribution in [0.5, 0.6) is 0 Å². The van der Waals surface area contributed by atoms with E-state index in [0.29, 0.717) is 12.8 Å². The molecule has 6 nitrogen and oxygen atoms in total. The van der Waals surface area contributed by atoms with Gasteiger partial charge in [-0.1, -0.05) is 60.7 Å². The molecule has 0 radical (unpaired) electrons. The highest BCUT2D eigenvalue weighted by Gasteiger charge is 2.58. The number of hydrogen-bond donors (Lipinski definition) is 0. The van der Waals surface area contributed by atoms with Crippen molar-refractivity contribution in [2.45, 2.75) is 31.7 Å². The molecule has 1 aliphatic carbocycles. The maximum Gasteiger partial charge on any atom is 0.476 e. The van der Waals surface area contributed by atoms with Crippen LogP contribution in [0.3, 0.4) is 0 Å². The number of phosphoric ester groups is 1. The molecule has 0 atom stereocenters. The lowest BCUT2D eigenvalue weighted by Gasteiger charge is -2.22. The van der Waals surface area contributed by atoms with E-state index in [4.69, 9.17) is 18.3 Å². The van der Waals surface area contributed by atoms with Gasteiger partial charge in [0.2, 0.25) is 0 Å². The third kappa shape index (κ3) is 4.80. The minimum absolute atomic E-state index is 0.0458. The first-order valence-electron chi connectivity index (χ1n) is 8.31. The summed E-state index contributed by atoms with van der Waals surface area (Å²) in [6.07, 6.45) is 0.847. The average molecular weight is 376 g/mol. The Labute approximate surface area is 152 Å². The molecule has 0 N–H and O–H groups in total. The number of carbonyl (C=O) groups excluding carboxylic acids is 1. The quantitative estimate of drug-likeness (QED) is 0.481. The Morgan fingerprint density at radius 1 is 0.923 bits per heavy atom. The first-order valence-corrected chi connectivity index (χ1v) is 9.77. The Kier molecular flexibility index (Phi) is 5.89. The molecule has 2 aromatic carbocycles. The molecule has 0 unspecified atom stereocenters. The van der Waals surface area contributed by atoms with Crippen LogP contribution in [0.2, 0.25) is 0 Å². The van der Waals surface area contributed by atoms with Crippen LogP contribution in [0.4, 0.5) is 0 Å². The van der Waals surface area contributed by atoms with Crippen LogP contribution in [0.25, 0.3) is 0 Å². The van der Waals surface area contributed by atoms with Gasteiger partial charge in [0.25, 0.3) is 0 Å². The number of ether oxygens (including phenoxy) is 1. The Morgan fingerprint density at radius 3 is 1.77 bits per heavy atom. The number of esters is 1. The minimum atomic E-state index is -3.98. The molecule has 1 fully saturated rings. The first kappa shape index (κ1) is 18.8. The lowest BCUT2D eigenvalue weighted by Crippen LogP contribution is -2.27. The zero-order valence-electron chi connectivity index (χ0n) is 14.5. The number of carbonyl (C=O) groups is 1. The third-order valence-corrected chi connectivity index (χ3v) is 5.48.